The molecule has 1 aliphatic rings. The Morgan fingerprint density at radius 3 is 2.82 bits per heavy atom. The Labute approximate surface area is 168 Å². The Morgan fingerprint density at radius 2 is 2.18 bits per heavy atom. The predicted octanol–water partition coefficient (Wildman–Crippen LogP) is 1.98. The first-order valence-corrected chi connectivity index (χ1v) is 9.94. The van der Waals surface area contributed by atoms with E-state index in [-0.39, 0.29) is 5.91 Å². The van der Waals surface area contributed by atoms with Crippen molar-refractivity contribution in [3.05, 3.63) is 29.3 Å². The second-order valence-corrected chi connectivity index (χ2v) is 7.95. The van der Waals surface area contributed by atoms with Crippen molar-refractivity contribution in [3.63, 3.8) is 0 Å². The van der Waals surface area contributed by atoms with Gasteiger partial charge in [0.15, 0.2) is 5.96 Å². The first-order valence-electron chi connectivity index (χ1n) is 9.94. The number of carbonyl (C=O) groups excluding carboxylic acids is 1. The lowest BCUT2D eigenvalue weighted by atomic mass is 9.93. The summed E-state index contributed by atoms with van der Waals surface area (Å²) in [6, 6.07) is 6.17. The normalized spacial score (nSPS) is 17.4. The zero-order chi connectivity index (χ0) is 20.6. The van der Waals surface area contributed by atoms with Crippen LogP contribution >= 0.6 is 0 Å². The molecule has 4 N–H and O–H groups in total. The number of hydrogen-bond acceptors (Lipinski definition) is 4. The average molecular weight is 391 g/mol. The number of guanidine groups is 1. The average Bonchev–Trinajstić information content (AvgIpc) is 3.16. The van der Waals surface area contributed by atoms with E-state index in [1.807, 2.05) is 20.8 Å². The maximum Gasteiger partial charge on any atom is 0.224 e. The minimum absolute atomic E-state index is 0.346. The van der Waals surface area contributed by atoms with E-state index < -0.39 is 5.41 Å². The van der Waals surface area contributed by atoms with E-state index in [0.29, 0.717) is 31.6 Å². The molecule has 0 saturated carbocycles. The highest BCUT2D eigenvalue weighted by Gasteiger charge is 2.25. The molecule has 1 saturated heterocycles. The number of aryl methyl sites for hydroxylation is 1. The van der Waals surface area contributed by atoms with Crippen LogP contribution in [0.25, 0.3) is 0 Å². The van der Waals surface area contributed by atoms with Gasteiger partial charge < -0.3 is 25.8 Å². The summed E-state index contributed by atoms with van der Waals surface area (Å²) in [6.07, 6.45) is 1.05. The molecule has 1 heterocycles. The molecule has 1 fully saturated rings. The van der Waals surface area contributed by atoms with Crippen molar-refractivity contribution in [2.75, 3.05) is 32.9 Å². The number of hydrogen-bond donors (Lipinski definition) is 3. The highest BCUT2D eigenvalue weighted by Crippen LogP contribution is 2.23. The summed E-state index contributed by atoms with van der Waals surface area (Å²) in [7, 11) is 0. The highest BCUT2D eigenvalue weighted by molar-refractivity contribution is 5.83. The lowest BCUT2D eigenvalue weighted by Crippen LogP contribution is -2.46. The molecule has 28 heavy (non-hydrogen) atoms. The summed E-state index contributed by atoms with van der Waals surface area (Å²) in [5, 5.41) is 6.40. The highest BCUT2D eigenvalue weighted by atomic mass is 16.5. The smallest absolute Gasteiger partial charge is 0.224 e. The molecule has 7 nitrogen and oxygen atoms in total. The largest absolute Gasteiger partial charge is 0.493 e. The van der Waals surface area contributed by atoms with Crippen molar-refractivity contribution in [2.45, 2.75) is 40.7 Å². The van der Waals surface area contributed by atoms with Crippen LogP contribution in [0.15, 0.2) is 23.2 Å². The number of nitrogens with one attached hydrogen (secondary N) is 2. The summed E-state index contributed by atoms with van der Waals surface area (Å²) in [5.74, 6) is 1.62. The minimum Gasteiger partial charge on any atom is -0.493 e. The molecular weight excluding hydrogens is 356 g/mol. The van der Waals surface area contributed by atoms with E-state index in [2.05, 4.69) is 40.7 Å². The fourth-order valence-electron chi connectivity index (χ4n) is 2.75. The zero-order valence-corrected chi connectivity index (χ0v) is 17.5. The Balaban J connectivity index is 2.04. The Hall–Kier alpha value is -2.28. The van der Waals surface area contributed by atoms with Gasteiger partial charge in [-0.05, 0) is 45.7 Å². The third kappa shape index (κ3) is 6.71. The molecule has 1 unspecified atom stereocenters. The number of ether oxygens (including phenoxy) is 2. The SMILES string of the molecule is CCNC(=NCc1ccc(C)cc1OCC1CCOC1)NCC(C)(C)C(N)=O. The lowest BCUT2D eigenvalue weighted by Gasteiger charge is -2.22. The van der Waals surface area contributed by atoms with Gasteiger partial charge in [-0.15, -0.1) is 0 Å². The van der Waals surface area contributed by atoms with Crippen LogP contribution in [0.3, 0.4) is 0 Å². The van der Waals surface area contributed by atoms with Gasteiger partial charge in [0.2, 0.25) is 5.91 Å². The molecule has 1 aromatic carbocycles. The number of benzene rings is 1. The van der Waals surface area contributed by atoms with Gasteiger partial charge in [-0.25, -0.2) is 4.99 Å². The summed E-state index contributed by atoms with van der Waals surface area (Å²) in [4.78, 5) is 16.2. The molecule has 1 atom stereocenters. The van der Waals surface area contributed by atoms with Crippen LogP contribution in [0.2, 0.25) is 0 Å². The summed E-state index contributed by atoms with van der Waals surface area (Å²) in [5.41, 5.74) is 6.97. The van der Waals surface area contributed by atoms with Crippen LogP contribution in [-0.4, -0.2) is 44.8 Å². The van der Waals surface area contributed by atoms with Crippen LogP contribution in [0.4, 0.5) is 0 Å². The molecule has 1 aromatic rings. The number of aliphatic imine (C=N–C) groups is 1. The van der Waals surface area contributed by atoms with E-state index in [9.17, 15) is 4.79 Å². The summed E-state index contributed by atoms with van der Waals surface area (Å²) < 4.78 is 11.5. The van der Waals surface area contributed by atoms with Crippen molar-refractivity contribution in [1.82, 2.24) is 10.6 Å². The van der Waals surface area contributed by atoms with Crippen LogP contribution in [-0.2, 0) is 16.1 Å². The van der Waals surface area contributed by atoms with Crippen molar-refractivity contribution in [1.29, 1.82) is 0 Å². The van der Waals surface area contributed by atoms with E-state index in [0.717, 1.165) is 43.1 Å². The molecule has 0 aromatic heterocycles. The molecule has 1 amide bonds. The molecule has 1 aliphatic heterocycles. The zero-order valence-electron chi connectivity index (χ0n) is 17.5. The number of nitrogens with zero attached hydrogens (tertiary/aromatic N) is 1. The van der Waals surface area contributed by atoms with Crippen LogP contribution < -0.4 is 21.1 Å². The van der Waals surface area contributed by atoms with Gasteiger partial charge in [0.1, 0.15) is 5.75 Å². The number of nitrogens with two attached hydrogens (primary N) is 1. The summed E-state index contributed by atoms with van der Waals surface area (Å²) in [6.45, 7) is 11.5. The first kappa shape index (κ1) is 22.0. The Morgan fingerprint density at radius 1 is 1.39 bits per heavy atom. The van der Waals surface area contributed by atoms with E-state index in [4.69, 9.17) is 15.2 Å². The molecule has 0 bridgehead atoms. The minimum atomic E-state index is -0.655. The molecular formula is C21H34N4O3. The quantitative estimate of drug-likeness (QED) is 0.442. The number of amides is 1. The van der Waals surface area contributed by atoms with Crippen LogP contribution in [0.5, 0.6) is 5.75 Å². The molecule has 156 valence electrons. The van der Waals surface area contributed by atoms with Crippen molar-refractivity contribution in [2.24, 2.45) is 22.1 Å². The van der Waals surface area contributed by atoms with E-state index in [1.165, 1.54) is 0 Å². The van der Waals surface area contributed by atoms with E-state index in [1.54, 1.807) is 0 Å². The third-order valence-corrected chi connectivity index (χ3v) is 4.84. The Kier molecular flexibility index (Phi) is 8.11. The monoisotopic (exact) mass is 390 g/mol. The first-order chi connectivity index (χ1) is 13.3. The van der Waals surface area contributed by atoms with E-state index >= 15 is 0 Å². The molecule has 0 radical (unpaired) electrons. The number of carbonyl (C=O) groups is 1. The van der Waals surface area contributed by atoms with Crippen molar-refractivity contribution < 1.29 is 14.3 Å². The second kappa shape index (κ2) is 10.3. The number of rotatable bonds is 9. The van der Waals surface area contributed by atoms with Crippen LogP contribution in [0, 0.1) is 18.3 Å². The van der Waals surface area contributed by atoms with Gasteiger partial charge in [-0.1, -0.05) is 12.1 Å². The Bertz CT molecular complexity index is 682. The van der Waals surface area contributed by atoms with Crippen molar-refractivity contribution >= 4 is 11.9 Å². The second-order valence-electron chi connectivity index (χ2n) is 7.95. The van der Waals surface area contributed by atoms with Gasteiger partial charge >= 0.3 is 0 Å². The maximum atomic E-state index is 11.5. The fraction of sp³-hybridized carbons (Fsp3) is 0.619. The standard InChI is InChI=1S/C21H34N4O3/c1-5-23-20(25-14-21(3,4)19(22)26)24-11-17-7-6-15(2)10-18(17)28-13-16-8-9-27-12-16/h6-7,10,16H,5,8-9,11-14H2,1-4H3,(H2,22,26)(H2,23,24,25). The summed E-state index contributed by atoms with van der Waals surface area (Å²) >= 11 is 0. The molecule has 2 rings (SSSR count). The topological polar surface area (TPSA) is 98.0 Å². The number of primary amides is 1. The van der Waals surface area contributed by atoms with Gasteiger partial charge in [0, 0.05) is 31.2 Å². The fourth-order valence-corrected chi connectivity index (χ4v) is 2.75. The van der Waals surface area contributed by atoms with Crippen LogP contribution in [0.1, 0.15) is 38.3 Å². The molecule has 0 spiro atoms. The van der Waals surface area contributed by atoms with Gasteiger partial charge in [-0.2, -0.15) is 0 Å². The third-order valence-electron chi connectivity index (χ3n) is 4.84. The molecule has 0 aliphatic carbocycles. The molecule has 7 heteroatoms. The van der Waals surface area contributed by atoms with Gasteiger partial charge in [0.05, 0.1) is 25.2 Å². The lowest BCUT2D eigenvalue weighted by molar-refractivity contribution is -0.125. The maximum absolute atomic E-state index is 11.5. The predicted molar refractivity (Wildman–Crippen MR) is 111 cm³/mol. The van der Waals surface area contributed by atoms with Gasteiger partial charge in [-0.3, -0.25) is 4.79 Å². The van der Waals surface area contributed by atoms with Crippen molar-refractivity contribution in [3.8, 4) is 5.75 Å². The van der Waals surface area contributed by atoms with Gasteiger partial charge in [0.25, 0.3) is 0 Å².